The molecule has 0 bridgehead atoms. The first-order valence-corrected chi connectivity index (χ1v) is 25.3. The Morgan fingerprint density at radius 2 is 0.582 bits per heavy atom. The largest absolute Gasteiger partial charge is 1.00 e. The van der Waals surface area contributed by atoms with Crippen LogP contribution in [-0.2, 0) is 49.3 Å². The van der Waals surface area contributed by atoms with Gasteiger partial charge in [0, 0.05) is 51.5 Å². The molecule has 0 aliphatic heterocycles. The zero-order chi connectivity index (χ0) is 43.3. The maximum atomic E-state index is 10.1. The molecule has 0 saturated carbocycles. The van der Waals surface area contributed by atoms with Gasteiger partial charge >= 0.3 is 59.1 Å². The smallest absolute Gasteiger partial charge is 0.748 e. The van der Waals surface area contributed by atoms with Crippen LogP contribution in [0.25, 0.3) is 0 Å². The summed E-state index contributed by atoms with van der Waals surface area (Å²) in [6.45, 7) is 11.2. The van der Waals surface area contributed by atoms with E-state index in [1.54, 1.807) is 35.3 Å². The molecular weight excluding hydrogens is 895 g/mol. The summed E-state index contributed by atoms with van der Waals surface area (Å²) in [5.74, 6) is 6.48. The molecule has 0 heterocycles. The van der Waals surface area contributed by atoms with Crippen LogP contribution in [0.1, 0.15) is 27.7 Å². The van der Waals surface area contributed by atoms with Crippen LogP contribution >= 0.6 is 47.0 Å². The number of rotatable bonds is 27. The predicted octanol–water partition coefficient (Wildman–Crippen LogP) is -5.91. The first-order chi connectivity index (χ1) is 25.1. The van der Waals surface area contributed by atoms with Gasteiger partial charge in [0.25, 0.3) is 0 Å². The summed E-state index contributed by atoms with van der Waals surface area (Å²) in [4.78, 5) is 0. The minimum absolute atomic E-state index is 0. The second-order valence-corrected chi connectivity index (χ2v) is 17.9. The molecule has 334 valence electrons. The fourth-order valence-corrected chi connectivity index (χ4v) is 5.07. The third-order valence-corrected chi connectivity index (χ3v) is 9.43. The number of aliphatic hydroxyl groups is 5. The Bertz CT molecular complexity index is 802. The van der Waals surface area contributed by atoms with Gasteiger partial charge in [0.2, 0.25) is 0 Å². The molecule has 5 N–H and O–H groups in total. The van der Waals surface area contributed by atoms with E-state index in [2.05, 4.69) is 6.92 Å². The van der Waals surface area contributed by atoms with E-state index in [9.17, 15) is 38.9 Å². The molecule has 0 aromatic rings. The Balaban J connectivity index is -0.0000000572. The molecule has 27 heteroatoms. The summed E-state index contributed by atoms with van der Waals surface area (Å²) in [5.41, 5.74) is 0. The van der Waals surface area contributed by atoms with Crippen molar-refractivity contribution in [3.8, 4) is 0 Å². The van der Waals surface area contributed by atoms with E-state index < -0.39 is 47.6 Å². The monoisotopic (exact) mass is 963 g/mol. The fourth-order valence-electron chi connectivity index (χ4n) is 2.00. The van der Waals surface area contributed by atoms with Crippen molar-refractivity contribution in [2.75, 3.05) is 151 Å². The first kappa shape index (κ1) is 81.6. The van der Waals surface area contributed by atoms with Crippen LogP contribution in [0, 0.1) is 0 Å². The van der Waals surface area contributed by atoms with Crippen LogP contribution in [0.5, 0.6) is 0 Å². The van der Waals surface area contributed by atoms with Gasteiger partial charge in [-0.2, -0.15) is 47.0 Å². The fraction of sp³-hybridized carbons (Fsp3) is 1.00. The predicted molar refractivity (Wildman–Crippen MR) is 219 cm³/mol. The molecule has 0 atom stereocenters. The van der Waals surface area contributed by atoms with Gasteiger partial charge in [-0.05, 0) is 23.0 Å². The van der Waals surface area contributed by atoms with Crippen LogP contribution in [-0.4, -0.2) is 216 Å². The average molecular weight is 964 g/mol. The molecule has 0 unspecified atom stereocenters. The van der Waals surface area contributed by atoms with Crippen LogP contribution in [0.3, 0.4) is 0 Å². The van der Waals surface area contributed by atoms with E-state index >= 15 is 0 Å². The van der Waals surface area contributed by atoms with Gasteiger partial charge in [-0.15, -0.1) is 0 Å². The number of hydrogen-bond acceptors (Lipinski definition) is 22. The van der Waals surface area contributed by atoms with Crippen molar-refractivity contribution in [1.29, 1.82) is 0 Å². The van der Waals surface area contributed by atoms with Crippen molar-refractivity contribution in [1.82, 2.24) is 0 Å². The normalized spacial score (nSPS) is 9.82. The zero-order valence-electron chi connectivity index (χ0n) is 34.5. The summed E-state index contributed by atoms with van der Waals surface area (Å²) in [6.07, 6.45) is 0. The van der Waals surface area contributed by atoms with Gasteiger partial charge in [0.15, 0.2) is 0 Å². The van der Waals surface area contributed by atoms with E-state index in [-0.39, 0.29) is 85.5 Å². The summed E-state index contributed by atoms with van der Waals surface area (Å²) in [5, 5.41) is 36.3. The van der Waals surface area contributed by atoms with Crippen LogP contribution < -0.4 is 59.1 Å². The number of thioether (sulfide) groups is 4. The molecule has 0 rings (SSSR count). The number of ether oxygens (including phenoxy) is 4. The van der Waals surface area contributed by atoms with E-state index in [4.69, 9.17) is 44.5 Å². The SMILES string of the molecule is CCSCCOCCO.CCSCCOCCS(=O)(=O)[O-].CCSCCOCCS(=O)(=O)[O-].CCSCCOCCS(=O)(=O)[O-].CO.CO.CO.CO.[Na+].[Na+]. The van der Waals surface area contributed by atoms with Gasteiger partial charge in [0.05, 0.1) is 107 Å². The number of hydrogen-bond donors (Lipinski definition) is 5. The maximum Gasteiger partial charge on any atom is 1.00 e. The molecule has 0 aromatic carbocycles. The minimum Gasteiger partial charge on any atom is -0.748 e. The van der Waals surface area contributed by atoms with E-state index in [1.165, 1.54) is 0 Å². The van der Waals surface area contributed by atoms with Crippen molar-refractivity contribution in [2.24, 2.45) is 0 Å². The van der Waals surface area contributed by atoms with Crippen molar-refractivity contribution in [2.45, 2.75) is 27.7 Å². The topological polar surface area (TPSA) is 310 Å². The van der Waals surface area contributed by atoms with Gasteiger partial charge in [-0.1, -0.05) is 27.7 Å². The number of aliphatic hydroxyl groups excluding tert-OH is 5. The second-order valence-electron chi connectivity index (χ2n) is 7.75. The Morgan fingerprint density at radius 1 is 0.400 bits per heavy atom. The summed E-state index contributed by atoms with van der Waals surface area (Å²) >= 11 is 6.99. The van der Waals surface area contributed by atoms with Gasteiger partial charge in [-0.25, -0.2) is 25.3 Å². The van der Waals surface area contributed by atoms with E-state index in [1.807, 2.05) is 32.5 Å². The van der Waals surface area contributed by atoms with E-state index in [0.717, 1.165) is 81.1 Å². The molecule has 0 fully saturated rings. The molecule has 0 radical (unpaired) electrons. The maximum absolute atomic E-state index is 10.1. The molecule has 0 aliphatic carbocycles. The molecule has 0 aromatic heterocycles. The quantitative estimate of drug-likeness (QED) is 0.0291. The molecule has 18 nitrogen and oxygen atoms in total. The summed E-state index contributed by atoms with van der Waals surface area (Å²) < 4.78 is 110. The van der Waals surface area contributed by atoms with Gasteiger partial charge in [-0.3, -0.25) is 0 Å². The molecule has 0 spiro atoms. The summed E-state index contributed by atoms with van der Waals surface area (Å²) in [7, 11) is -8.30. The standard InChI is InChI=1S/3C6H14O4S2.C6H14O2S.4CH4O.2Na/c3*1-2-11-5-3-10-4-6-12(7,8)9;1-2-9-6-5-8-4-3-7;4*1-2;;/h3*2-6H2,1H3,(H,7,8,9);7H,2-6H2,1H3;4*2H,1H3;;/q;;;;;;;;2*+1/p-3. The van der Waals surface area contributed by atoms with Gasteiger partial charge < -0.3 is 58.1 Å². The van der Waals surface area contributed by atoms with Crippen LogP contribution in [0.15, 0.2) is 0 Å². The second kappa shape index (κ2) is 74.2. The zero-order valence-corrected chi connectivity index (χ0v) is 44.3. The molecule has 0 amide bonds. The molecule has 55 heavy (non-hydrogen) atoms. The minimum atomic E-state index is -4.10. The third-order valence-electron chi connectivity index (χ3n) is 3.97. The van der Waals surface area contributed by atoms with Crippen molar-refractivity contribution < 1.29 is 143 Å². The van der Waals surface area contributed by atoms with Crippen molar-refractivity contribution >= 4 is 77.4 Å². The molecule has 0 aliphatic rings. The Hall–Kier alpha value is 2.77. The van der Waals surface area contributed by atoms with Gasteiger partial charge in [0.1, 0.15) is 0 Å². The summed E-state index contributed by atoms with van der Waals surface area (Å²) in [6, 6.07) is 0. The van der Waals surface area contributed by atoms with Crippen molar-refractivity contribution in [3.05, 3.63) is 0 Å². The van der Waals surface area contributed by atoms with E-state index in [0.29, 0.717) is 26.4 Å². The first-order valence-electron chi connectivity index (χ1n) is 15.9. The molecule has 0 saturated heterocycles. The van der Waals surface area contributed by atoms with Crippen LogP contribution in [0.4, 0.5) is 0 Å². The van der Waals surface area contributed by atoms with Crippen LogP contribution in [0.2, 0.25) is 0 Å². The third kappa shape index (κ3) is 133. The van der Waals surface area contributed by atoms with Crippen molar-refractivity contribution in [3.63, 3.8) is 0 Å². The Morgan fingerprint density at radius 3 is 0.727 bits per heavy atom. The Kier molecular flexibility index (Phi) is 110. The average Bonchev–Trinajstić information content (AvgIpc) is 3.12. The Labute approximate surface area is 394 Å². The molecular formula is C28H69Na2O18S7-.